The van der Waals surface area contributed by atoms with Gasteiger partial charge in [-0.1, -0.05) is 24.3 Å². The summed E-state index contributed by atoms with van der Waals surface area (Å²) >= 11 is 1.30. The summed E-state index contributed by atoms with van der Waals surface area (Å²) in [6, 6.07) is 20.9. The number of nitrogens with one attached hydrogen (secondary N) is 1. The first kappa shape index (κ1) is 18.7. The van der Waals surface area contributed by atoms with Crippen molar-refractivity contribution < 1.29 is 4.42 Å². The number of allylic oxidation sites excluding steroid dienone is 1. The van der Waals surface area contributed by atoms with Gasteiger partial charge in [-0.15, -0.1) is 11.3 Å². The Morgan fingerprint density at radius 2 is 1.97 bits per heavy atom. The van der Waals surface area contributed by atoms with Crippen LogP contribution in [0.5, 0.6) is 0 Å². The molecule has 3 heterocycles. The molecule has 0 saturated carbocycles. The summed E-state index contributed by atoms with van der Waals surface area (Å²) in [5.41, 5.74) is 3.02. The number of thiazole rings is 1. The lowest BCUT2D eigenvalue weighted by atomic mass is 10.1. The van der Waals surface area contributed by atoms with Crippen LogP contribution in [-0.4, -0.2) is 9.97 Å². The highest BCUT2D eigenvalue weighted by Gasteiger charge is 2.13. The number of para-hydroxylation sites is 1. The lowest BCUT2D eigenvalue weighted by Crippen LogP contribution is -2.02. The number of rotatable bonds is 4. The minimum atomic E-state index is -0.457. The molecule has 0 radical (unpaired) electrons. The Hall–Kier alpha value is -4.28. The second-order valence-corrected chi connectivity index (χ2v) is 7.61. The van der Waals surface area contributed by atoms with Crippen molar-refractivity contribution >= 4 is 44.5 Å². The Morgan fingerprint density at radius 1 is 1.10 bits per heavy atom. The van der Waals surface area contributed by atoms with Gasteiger partial charge in [0.1, 0.15) is 22.2 Å². The van der Waals surface area contributed by atoms with Crippen molar-refractivity contribution in [3.8, 4) is 17.3 Å². The fourth-order valence-corrected chi connectivity index (χ4v) is 4.01. The number of aromatic nitrogens is 2. The van der Waals surface area contributed by atoms with E-state index in [-0.39, 0.29) is 0 Å². The van der Waals surface area contributed by atoms with Crippen molar-refractivity contribution in [2.75, 3.05) is 5.32 Å². The molecule has 148 valence electrons. The Balaban J connectivity index is 1.45. The van der Waals surface area contributed by atoms with Crippen LogP contribution < -0.4 is 10.9 Å². The van der Waals surface area contributed by atoms with E-state index in [0.29, 0.717) is 27.4 Å². The van der Waals surface area contributed by atoms with Crippen LogP contribution in [-0.2, 0) is 0 Å². The zero-order chi connectivity index (χ0) is 21.2. The molecule has 31 heavy (non-hydrogen) atoms. The van der Waals surface area contributed by atoms with E-state index in [2.05, 4.69) is 21.4 Å². The molecule has 0 fully saturated rings. The Bertz CT molecular complexity index is 1560. The van der Waals surface area contributed by atoms with E-state index >= 15 is 0 Å². The molecule has 2 aromatic carbocycles. The Morgan fingerprint density at radius 3 is 2.87 bits per heavy atom. The summed E-state index contributed by atoms with van der Waals surface area (Å²) in [7, 11) is 0. The van der Waals surface area contributed by atoms with Gasteiger partial charge in [0.25, 0.3) is 0 Å². The smallest absolute Gasteiger partial charge is 0.345 e. The van der Waals surface area contributed by atoms with Crippen LogP contribution in [0.25, 0.3) is 38.7 Å². The first-order valence-electron chi connectivity index (χ1n) is 9.42. The molecule has 0 bridgehead atoms. The zero-order valence-electron chi connectivity index (χ0n) is 16.1. The summed E-state index contributed by atoms with van der Waals surface area (Å²) in [6.07, 6.45) is 3.36. The van der Waals surface area contributed by atoms with Crippen LogP contribution in [0.1, 0.15) is 5.01 Å². The molecule has 0 aliphatic rings. The van der Waals surface area contributed by atoms with Gasteiger partial charge in [0.2, 0.25) is 0 Å². The lowest BCUT2D eigenvalue weighted by Gasteiger charge is -2.03. The lowest BCUT2D eigenvalue weighted by molar-refractivity contribution is 0.563. The molecule has 0 atom stereocenters. The topological polar surface area (TPSA) is 91.8 Å². The normalized spacial score (nSPS) is 11.5. The molecular formula is C24H14N4O2S. The van der Waals surface area contributed by atoms with E-state index in [4.69, 9.17) is 4.42 Å². The summed E-state index contributed by atoms with van der Waals surface area (Å²) in [5, 5.41) is 16.8. The summed E-state index contributed by atoms with van der Waals surface area (Å²) in [6.45, 7) is 0. The molecule has 5 rings (SSSR count). The third-order valence-corrected chi connectivity index (χ3v) is 5.63. The summed E-state index contributed by atoms with van der Waals surface area (Å²) < 4.78 is 5.40. The first-order chi connectivity index (χ1) is 15.2. The fraction of sp³-hybridized carbons (Fsp3) is 0. The number of benzene rings is 2. The van der Waals surface area contributed by atoms with Crippen LogP contribution in [0, 0.1) is 11.3 Å². The number of nitriles is 1. The molecule has 0 spiro atoms. The fourth-order valence-electron chi connectivity index (χ4n) is 3.22. The maximum absolute atomic E-state index is 12.4. The van der Waals surface area contributed by atoms with E-state index in [1.165, 1.54) is 11.3 Å². The zero-order valence-corrected chi connectivity index (χ0v) is 16.9. The minimum absolute atomic E-state index is 0.368. The van der Waals surface area contributed by atoms with Gasteiger partial charge in [0.15, 0.2) is 0 Å². The molecule has 0 aliphatic carbocycles. The van der Waals surface area contributed by atoms with E-state index in [0.717, 1.165) is 22.0 Å². The Kier molecular flexibility index (Phi) is 4.75. The largest absolute Gasteiger partial charge is 0.422 e. The first-order valence-corrected chi connectivity index (χ1v) is 10.3. The summed E-state index contributed by atoms with van der Waals surface area (Å²) in [4.78, 5) is 21.2. The number of fused-ring (bicyclic) bond motifs is 2. The number of hydrogen-bond donors (Lipinski definition) is 1. The van der Waals surface area contributed by atoms with E-state index in [1.54, 1.807) is 29.9 Å². The van der Waals surface area contributed by atoms with Gasteiger partial charge < -0.3 is 9.73 Å². The van der Waals surface area contributed by atoms with Crippen LogP contribution in [0.3, 0.4) is 0 Å². The predicted molar refractivity (Wildman–Crippen MR) is 123 cm³/mol. The number of nitrogens with zero attached hydrogens (tertiary/aromatic N) is 3. The molecule has 1 N–H and O–H groups in total. The van der Waals surface area contributed by atoms with Crippen LogP contribution in [0.15, 0.2) is 87.7 Å². The van der Waals surface area contributed by atoms with Crippen molar-refractivity contribution in [1.82, 2.24) is 9.97 Å². The molecular weight excluding hydrogens is 408 g/mol. The highest BCUT2D eigenvalue weighted by molar-refractivity contribution is 7.11. The molecule has 3 aromatic heterocycles. The van der Waals surface area contributed by atoms with Crippen molar-refractivity contribution in [3.63, 3.8) is 0 Å². The number of anilines is 1. The van der Waals surface area contributed by atoms with Gasteiger partial charge in [-0.2, -0.15) is 5.26 Å². The van der Waals surface area contributed by atoms with Gasteiger partial charge >= 0.3 is 5.63 Å². The SMILES string of the molecule is N#C/C(=C\Nc1ccc2ncccc2c1)c1nc(-c2cc3ccccc3oc2=O)cs1. The summed E-state index contributed by atoms with van der Waals surface area (Å²) in [5.74, 6) is 0. The van der Waals surface area contributed by atoms with E-state index in [9.17, 15) is 10.1 Å². The molecule has 0 saturated heterocycles. The molecule has 7 heteroatoms. The molecule has 6 nitrogen and oxygen atoms in total. The average Bonchev–Trinajstić information content (AvgIpc) is 3.28. The van der Waals surface area contributed by atoms with Crippen molar-refractivity contribution in [2.24, 2.45) is 0 Å². The quantitative estimate of drug-likeness (QED) is 0.306. The van der Waals surface area contributed by atoms with E-state index in [1.807, 2.05) is 48.5 Å². The Labute approximate surface area is 180 Å². The van der Waals surface area contributed by atoms with Gasteiger partial charge in [-0.3, -0.25) is 4.98 Å². The van der Waals surface area contributed by atoms with Crippen LogP contribution in [0.4, 0.5) is 5.69 Å². The second-order valence-electron chi connectivity index (χ2n) is 6.75. The third-order valence-electron chi connectivity index (χ3n) is 4.76. The highest BCUT2D eigenvalue weighted by Crippen LogP contribution is 2.26. The van der Waals surface area contributed by atoms with Gasteiger partial charge in [-0.25, -0.2) is 9.78 Å². The molecule has 0 amide bonds. The van der Waals surface area contributed by atoms with Crippen LogP contribution >= 0.6 is 11.3 Å². The molecule has 0 aliphatic heterocycles. The van der Waals surface area contributed by atoms with Crippen molar-refractivity contribution in [2.45, 2.75) is 0 Å². The van der Waals surface area contributed by atoms with Gasteiger partial charge in [0.05, 0.1) is 16.8 Å². The maximum Gasteiger partial charge on any atom is 0.345 e. The monoisotopic (exact) mass is 422 g/mol. The highest BCUT2D eigenvalue weighted by atomic mass is 32.1. The van der Waals surface area contributed by atoms with Crippen molar-refractivity contribution in [3.05, 3.63) is 93.9 Å². The van der Waals surface area contributed by atoms with E-state index < -0.39 is 5.63 Å². The molecule has 5 aromatic rings. The second kappa shape index (κ2) is 7.86. The number of pyridine rings is 1. The molecule has 0 unspecified atom stereocenters. The van der Waals surface area contributed by atoms with Gasteiger partial charge in [0, 0.05) is 34.2 Å². The number of hydrogen-bond acceptors (Lipinski definition) is 7. The van der Waals surface area contributed by atoms with Gasteiger partial charge in [-0.05, 0) is 36.4 Å². The predicted octanol–water partition coefficient (Wildman–Crippen LogP) is 5.44. The van der Waals surface area contributed by atoms with Crippen LogP contribution in [0.2, 0.25) is 0 Å². The third kappa shape index (κ3) is 3.68. The standard InChI is InChI=1S/C24H14N4O2S/c25-12-17(13-27-18-7-8-20-15(10-18)5-3-9-26-20)23-28-21(14-31-23)19-11-16-4-1-2-6-22(16)30-24(19)29/h1-11,13-14,27H/b17-13+. The average molecular weight is 422 g/mol. The van der Waals surface area contributed by atoms with Crippen molar-refractivity contribution in [1.29, 1.82) is 5.26 Å². The minimum Gasteiger partial charge on any atom is -0.422 e. The maximum atomic E-state index is 12.4.